The standard InChI is InChI=1S/C13H16N4O7S2/c1-23-16-10(8-6-25-12(14)15-8)9(18)5-7-11(19)17(24-26(20,21)22)13(7)3-2-4-13/h6-7H,2-5H2,1H3,(H2,14,15)(H,20,21,22)/b16-10-/t7-/m1/s1. The van der Waals surface area contributed by atoms with Gasteiger partial charge in [-0.3, -0.25) is 14.1 Å². The third-order valence-electron chi connectivity index (χ3n) is 4.54. The number of nitrogen functional groups attached to an aromatic ring is 1. The fourth-order valence-electron chi connectivity index (χ4n) is 3.25. The molecule has 0 unspecified atom stereocenters. The van der Waals surface area contributed by atoms with Crippen molar-refractivity contribution < 1.29 is 31.7 Å². The van der Waals surface area contributed by atoms with Gasteiger partial charge in [0.1, 0.15) is 12.8 Å². The molecule has 26 heavy (non-hydrogen) atoms. The Morgan fingerprint density at radius 1 is 1.58 bits per heavy atom. The first kappa shape index (κ1) is 18.7. The second-order valence-corrected chi connectivity index (χ2v) is 7.86. The van der Waals surface area contributed by atoms with Gasteiger partial charge in [-0.05, 0) is 19.3 Å². The molecule has 1 aliphatic carbocycles. The van der Waals surface area contributed by atoms with Gasteiger partial charge in [0.2, 0.25) is 0 Å². The van der Waals surface area contributed by atoms with E-state index < -0.39 is 33.5 Å². The van der Waals surface area contributed by atoms with Crippen molar-refractivity contribution in [1.82, 2.24) is 10.0 Å². The number of hydroxylamine groups is 2. The molecule has 2 fully saturated rings. The number of Topliss-reactive ketones (excluding diaryl/α,β-unsaturated/α-hetero) is 1. The predicted octanol–water partition coefficient (Wildman–Crippen LogP) is 0.151. The number of carbonyl (C=O) groups excluding carboxylic acids is 2. The van der Waals surface area contributed by atoms with Crippen LogP contribution in [0, 0.1) is 5.92 Å². The molecule has 1 spiro atoms. The number of hydrogen-bond donors (Lipinski definition) is 2. The highest BCUT2D eigenvalue weighted by Crippen LogP contribution is 2.53. The van der Waals surface area contributed by atoms with Crippen molar-refractivity contribution >= 4 is 44.3 Å². The zero-order valence-electron chi connectivity index (χ0n) is 13.6. The second-order valence-electron chi connectivity index (χ2n) is 5.97. The van der Waals surface area contributed by atoms with Crippen molar-refractivity contribution in [3.8, 4) is 0 Å². The van der Waals surface area contributed by atoms with Gasteiger partial charge in [-0.2, -0.15) is 13.5 Å². The lowest BCUT2D eigenvalue weighted by Gasteiger charge is -2.59. The molecule has 142 valence electrons. The van der Waals surface area contributed by atoms with Crippen LogP contribution in [-0.4, -0.2) is 53.1 Å². The summed E-state index contributed by atoms with van der Waals surface area (Å²) < 4.78 is 35.1. The summed E-state index contributed by atoms with van der Waals surface area (Å²) in [7, 11) is -3.56. The van der Waals surface area contributed by atoms with E-state index in [4.69, 9.17) is 10.3 Å². The third-order valence-corrected chi connectivity index (χ3v) is 5.55. The van der Waals surface area contributed by atoms with Crippen LogP contribution in [0.2, 0.25) is 0 Å². The summed E-state index contributed by atoms with van der Waals surface area (Å²) in [5.41, 5.74) is 4.82. The Balaban J connectivity index is 1.78. The van der Waals surface area contributed by atoms with E-state index in [2.05, 4.69) is 19.3 Å². The fraction of sp³-hybridized carbons (Fsp3) is 0.538. The highest BCUT2D eigenvalue weighted by molar-refractivity contribution is 7.80. The molecule has 3 N–H and O–H groups in total. The summed E-state index contributed by atoms with van der Waals surface area (Å²) in [6, 6.07) is 0. The minimum absolute atomic E-state index is 0.0723. The van der Waals surface area contributed by atoms with Gasteiger partial charge in [0.15, 0.2) is 16.6 Å². The van der Waals surface area contributed by atoms with Crippen LogP contribution < -0.4 is 5.73 Å². The molecule has 1 saturated carbocycles. The van der Waals surface area contributed by atoms with Crippen LogP contribution in [0.25, 0.3) is 0 Å². The van der Waals surface area contributed by atoms with Gasteiger partial charge in [0, 0.05) is 11.8 Å². The van der Waals surface area contributed by atoms with Gasteiger partial charge in [-0.15, -0.1) is 15.6 Å². The van der Waals surface area contributed by atoms with Gasteiger partial charge < -0.3 is 10.6 Å². The van der Waals surface area contributed by atoms with Gasteiger partial charge in [-0.1, -0.05) is 5.16 Å². The molecule has 11 nitrogen and oxygen atoms in total. The molecule has 1 aliphatic heterocycles. The molecule has 13 heteroatoms. The predicted molar refractivity (Wildman–Crippen MR) is 89.2 cm³/mol. The Labute approximate surface area is 152 Å². The van der Waals surface area contributed by atoms with Crippen LogP contribution in [0.1, 0.15) is 31.4 Å². The highest BCUT2D eigenvalue weighted by atomic mass is 32.3. The summed E-state index contributed by atoms with van der Waals surface area (Å²) in [5.74, 6) is -1.96. The van der Waals surface area contributed by atoms with Crippen LogP contribution in [0.15, 0.2) is 10.5 Å². The molecule has 1 aromatic rings. The summed E-state index contributed by atoms with van der Waals surface area (Å²) >= 11 is 1.13. The van der Waals surface area contributed by atoms with Crippen LogP contribution in [-0.2, 0) is 29.1 Å². The van der Waals surface area contributed by atoms with Gasteiger partial charge in [-0.25, -0.2) is 4.98 Å². The monoisotopic (exact) mass is 404 g/mol. The molecule has 1 aromatic heterocycles. The van der Waals surface area contributed by atoms with Crippen molar-refractivity contribution in [3.63, 3.8) is 0 Å². The topological polar surface area (TPSA) is 161 Å². The Kier molecular flexibility index (Phi) is 4.72. The summed E-state index contributed by atoms with van der Waals surface area (Å²) in [6.07, 6.45) is 1.45. The van der Waals surface area contributed by atoms with Gasteiger partial charge >= 0.3 is 10.4 Å². The number of β-lactam (4-membered cyclic amide) rings is 1. The maximum absolute atomic E-state index is 12.6. The maximum Gasteiger partial charge on any atom is 0.418 e. The van der Waals surface area contributed by atoms with Crippen molar-refractivity contribution in [2.24, 2.45) is 11.1 Å². The van der Waals surface area contributed by atoms with E-state index in [9.17, 15) is 18.0 Å². The summed E-state index contributed by atoms with van der Waals surface area (Å²) in [5, 5.41) is 6.12. The lowest BCUT2D eigenvalue weighted by Crippen LogP contribution is -2.74. The zero-order chi connectivity index (χ0) is 19.1. The molecule has 1 amide bonds. The average molecular weight is 404 g/mol. The number of ketones is 1. The first-order chi connectivity index (χ1) is 12.2. The van der Waals surface area contributed by atoms with Crippen molar-refractivity contribution in [1.29, 1.82) is 0 Å². The van der Waals surface area contributed by atoms with Crippen LogP contribution in [0.4, 0.5) is 5.13 Å². The molecular formula is C13H16N4O7S2. The first-order valence-electron chi connectivity index (χ1n) is 7.55. The average Bonchev–Trinajstić information content (AvgIpc) is 2.93. The molecule has 3 rings (SSSR count). The van der Waals surface area contributed by atoms with E-state index in [0.29, 0.717) is 17.9 Å². The number of nitrogens with zero attached hydrogens (tertiary/aromatic N) is 3. The molecule has 0 aromatic carbocycles. The quantitative estimate of drug-likeness (QED) is 0.279. The van der Waals surface area contributed by atoms with E-state index in [0.717, 1.165) is 17.8 Å². The molecule has 2 heterocycles. The molecule has 2 aliphatic rings. The van der Waals surface area contributed by atoms with Crippen LogP contribution in [0.3, 0.4) is 0 Å². The third kappa shape index (κ3) is 3.18. The molecule has 1 atom stereocenters. The smallest absolute Gasteiger partial charge is 0.398 e. The molecular weight excluding hydrogens is 388 g/mol. The van der Waals surface area contributed by atoms with Gasteiger partial charge in [0.25, 0.3) is 5.91 Å². The van der Waals surface area contributed by atoms with Crippen LogP contribution in [0.5, 0.6) is 0 Å². The normalized spacial score (nSPS) is 22.1. The molecule has 0 bridgehead atoms. The second kappa shape index (κ2) is 6.57. The van der Waals surface area contributed by atoms with E-state index in [1.807, 2.05) is 0 Å². The Morgan fingerprint density at radius 2 is 2.27 bits per heavy atom. The summed E-state index contributed by atoms with van der Waals surface area (Å²) in [4.78, 5) is 33.6. The number of nitrogens with two attached hydrogens (primary N) is 1. The van der Waals surface area contributed by atoms with Crippen LogP contribution >= 0.6 is 11.3 Å². The Bertz CT molecular complexity index is 875. The number of oxime groups is 1. The van der Waals surface area contributed by atoms with Crippen molar-refractivity contribution in [2.75, 3.05) is 12.8 Å². The lowest BCUT2D eigenvalue weighted by atomic mass is 9.60. The van der Waals surface area contributed by atoms with E-state index in [1.54, 1.807) is 5.38 Å². The number of thiazole rings is 1. The number of rotatable bonds is 7. The number of hydrogen-bond acceptors (Lipinski definition) is 10. The molecule has 0 radical (unpaired) electrons. The Hall–Kier alpha value is -2.09. The SMILES string of the molecule is CO/N=C(\C(=O)C[C@@H]1C(=O)N(OS(=O)(=O)O)C12CCC2)c1csc(N)n1. The van der Waals surface area contributed by atoms with Gasteiger partial charge in [0.05, 0.1) is 11.5 Å². The van der Waals surface area contributed by atoms with E-state index >= 15 is 0 Å². The first-order valence-corrected chi connectivity index (χ1v) is 9.79. The van der Waals surface area contributed by atoms with Crippen molar-refractivity contribution in [3.05, 3.63) is 11.1 Å². The zero-order valence-corrected chi connectivity index (χ0v) is 15.2. The largest absolute Gasteiger partial charge is 0.418 e. The lowest BCUT2D eigenvalue weighted by molar-refractivity contribution is -0.255. The number of aromatic nitrogens is 1. The maximum atomic E-state index is 12.6. The minimum Gasteiger partial charge on any atom is -0.398 e. The Morgan fingerprint density at radius 3 is 2.73 bits per heavy atom. The summed E-state index contributed by atoms with van der Waals surface area (Å²) in [6.45, 7) is 0. The van der Waals surface area contributed by atoms with Crippen molar-refractivity contribution in [2.45, 2.75) is 31.2 Å². The highest BCUT2D eigenvalue weighted by Gasteiger charge is 2.65. The fourth-order valence-corrected chi connectivity index (χ4v) is 4.21. The van der Waals surface area contributed by atoms with E-state index in [-0.39, 0.29) is 23.0 Å². The number of carbonyl (C=O) groups is 2. The van der Waals surface area contributed by atoms with E-state index in [1.165, 1.54) is 7.11 Å². The molecule has 1 saturated heterocycles. The number of anilines is 1. The number of amides is 1. The minimum atomic E-state index is -4.83.